The second-order valence-electron chi connectivity index (χ2n) is 6.52. The summed E-state index contributed by atoms with van der Waals surface area (Å²) in [6.45, 7) is 3.68. The number of hydrogen-bond donors (Lipinski definition) is 2. The van der Waals surface area contributed by atoms with Gasteiger partial charge in [-0.15, -0.1) is 17.5 Å². The number of nitrogens with two attached hydrogens (primary N) is 1. The third kappa shape index (κ3) is 4.81. The van der Waals surface area contributed by atoms with Crippen molar-refractivity contribution in [2.75, 3.05) is 30.3 Å². The lowest BCUT2D eigenvalue weighted by Crippen LogP contribution is -2.26. The molecule has 0 radical (unpaired) electrons. The number of carbonyl (C=O) groups is 1. The van der Waals surface area contributed by atoms with Gasteiger partial charge in [-0.25, -0.2) is 9.97 Å². The van der Waals surface area contributed by atoms with Gasteiger partial charge in [0.15, 0.2) is 22.5 Å². The number of nitroso groups, excluding NO2 is 1. The molecular weight excluding hydrogens is 364 g/mol. The van der Waals surface area contributed by atoms with Gasteiger partial charge in [0.2, 0.25) is 0 Å². The smallest absolute Gasteiger partial charge is 0.192 e. The Bertz CT molecular complexity index is 808. The molecule has 0 unspecified atom stereocenters. The molecule has 0 saturated carbocycles. The maximum absolute atomic E-state index is 11.2. The van der Waals surface area contributed by atoms with Gasteiger partial charge in [-0.3, -0.25) is 4.90 Å². The van der Waals surface area contributed by atoms with E-state index in [1.807, 2.05) is 12.1 Å². The van der Waals surface area contributed by atoms with Gasteiger partial charge in [0, 0.05) is 13.1 Å². The fourth-order valence-corrected chi connectivity index (χ4v) is 3.44. The molecule has 0 aliphatic carbocycles. The Balaban J connectivity index is 1.78. The van der Waals surface area contributed by atoms with Gasteiger partial charge >= 0.3 is 0 Å². The van der Waals surface area contributed by atoms with Gasteiger partial charge in [0.25, 0.3) is 0 Å². The summed E-state index contributed by atoms with van der Waals surface area (Å²) in [7, 11) is 0. The number of aromatic nitrogens is 2. The highest BCUT2D eigenvalue weighted by Crippen LogP contribution is 2.32. The first-order valence-electron chi connectivity index (χ1n) is 8.79. The lowest BCUT2D eigenvalue weighted by molar-refractivity contribution is -0.106. The van der Waals surface area contributed by atoms with E-state index < -0.39 is 0 Å². The van der Waals surface area contributed by atoms with E-state index >= 15 is 0 Å². The van der Waals surface area contributed by atoms with Crippen LogP contribution in [0.5, 0.6) is 0 Å². The Morgan fingerprint density at radius 1 is 1.19 bits per heavy atom. The van der Waals surface area contributed by atoms with Crippen molar-refractivity contribution in [3.05, 3.63) is 40.3 Å². The molecule has 0 bridgehead atoms. The summed E-state index contributed by atoms with van der Waals surface area (Å²) in [6.07, 6.45) is 3.27. The highest BCUT2D eigenvalue weighted by Gasteiger charge is 2.19. The van der Waals surface area contributed by atoms with Crippen molar-refractivity contribution >= 4 is 36.2 Å². The normalized spacial score (nSPS) is 14.3. The summed E-state index contributed by atoms with van der Waals surface area (Å²) in [5.41, 5.74) is 7.90. The number of likely N-dealkylation sites (tertiary alicyclic amines) is 1. The average molecular weight is 386 g/mol. The fourth-order valence-electron chi connectivity index (χ4n) is 3.24. The summed E-state index contributed by atoms with van der Waals surface area (Å²) in [5, 5.41) is 3.05. The topological polar surface area (TPSA) is 105 Å². The quantitative estimate of drug-likeness (QED) is 0.311. The number of hydrogen-bond acceptors (Lipinski definition) is 9. The van der Waals surface area contributed by atoms with Crippen molar-refractivity contribution in [2.24, 2.45) is 5.18 Å². The van der Waals surface area contributed by atoms with Gasteiger partial charge in [-0.05, 0) is 42.2 Å². The summed E-state index contributed by atoms with van der Waals surface area (Å²) in [4.78, 5) is 34.4. The molecule has 1 aliphatic rings. The lowest BCUT2D eigenvalue weighted by Gasteiger charge is -2.23. The van der Waals surface area contributed by atoms with Crippen molar-refractivity contribution < 1.29 is 4.79 Å². The predicted molar refractivity (Wildman–Crippen MR) is 107 cm³/mol. The molecule has 0 atom stereocenters. The van der Waals surface area contributed by atoms with E-state index in [1.165, 1.54) is 18.4 Å². The maximum atomic E-state index is 11.2. The van der Waals surface area contributed by atoms with E-state index in [1.54, 1.807) is 4.90 Å². The number of aldehydes is 1. The van der Waals surface area contributed by atoms with E-state index in [2.05, 4.69) is 44.8 Å². The van der Waals surface area contributed by atoms with Crippen molar-refractivity contribution in [1.82, 2.24) is 14.9 Å². The monoisotopic (exact) mass is 386 g/mol. The van der Waals surface area contributed by atoms with Crippen LogP contribution in [0.1, 0.15) is 24.0 Å². The first kappa shape index (κ1) is 19.2. The molecule has 3 rings (SSSR count). The minimum Gasteiger partial charge on any atom is -0.382 e. The molecular formula is C18H22N6O2S. The summed E-state index contributed by atoms with van der Waals surface area (Å²) in [5.74, 6) is 0.146. The van der Waals surface area contributed by atoms with Crippen LogP contribution in [0.3, 0.4) is 0 Å². The molecule has 2 N–H and O–H groups in total. The van der Waals surface area contributed by atoms with Gasteiger partial charge in [-0.1, -0.05) is 24.3 Å². The van der Waals surface area contributed by atoms with Crippen LogP contribution in [0.4, 0.5) is 17.3 Å². The Hall–Kier alpha value is -2.52. The molecule has 2 heterocycles. The summed E-state index contributed by atoms with van der Waals surface area (Å²) in [6, 6.07) is 8.21. The van der Waals surface area contributed by atoms with Crippen LogP contribution in [-0.4, -0.2) is 40.8 Å². The van der Waals surface area contributed by atoms with Gasteiger partial charge in [0.1, 0.15) is 6.29 Å². The molecule has 9 heteroatoms. The van der Waals surface area contributed by atoms with E-state index in [9.17, 15) is 9.70 Å². The largest absolute Gasteiger partial charge is 0.382 e. The minimum absolute atomic E-state index is 0.0434. The molecule has 1 aromatic carbocycles. The van der Waals surface area contributed by atoms with E-state index in [0.717, 1.165) is 31.5 Å². The zero-order valence-electron chi connectivity index (χ0n) is 14.9. The first-order valence-corrected chi connectivity index (χ1v) is 9.24. The van der Waals surface area contributed by atoms with Crippen LogP contribution in [-0.2, 0) is 17.9 Å². The van der Waals surface area contributed by atoms with Crippen molar-refractivity contribution in [3.8, 4) is 0 Å². The molecule has 142 valence electrons. The molecule has 0 spiro atoms. The van der Waals surface area contributed by atoms with Gasteiger partial charge < -0.3 is 15.4 Å². The third-order valence-electron chi connectivity index (χ3n) is 4.57. The van der Waals surface area contributed by atoms with Crippen molar-refractivity contribution in [3.63, 3.8) is 0 Å². The second-order valence-corrected chi connectivity index (χ2v) is 6.92. The first-order chi connectivity index (χ1) is 13.1. The minimum atomic E-state index is -0.0831. The van der Waals surface area contributed by atoms with Crippen molar-refractivity contribution in [1.29, 1.82) is 0 Å². The number of carbonyl (C=O) groups excluding carboxylic acids is 1. The molecule has 27 heavy (non-hydrogen) atoms. The molecule has 1 aromatic heterocycles. The zero-order valence-corrected chi connectivity index (χ0v) is 15.8. The number of anilines is 2. The highest BCUT2D eigenvalue weighted by molar-refractivity contribution is 7.80. The third-order valence-corrected chi connectivity index (χ3v) is 4.77. The van der Waals surface area contributed by atoms with E-state index in [-0.39, 0.29) is 29.0 Å². The molecule has 2 aromatic rings. The zero-order chi connectivity index (χ0) is 19.2. The van der Waals surface area contributed by atoms with Gasteiger partial charge in [0.05, 0.1) is 6.54 Å². The number of nitrogens with zero attached hydrogens (tertiary/aromatic N) is 5. The Morgan fingerprint density at radius 2 is 1.85 bits per heavy atom. The number of thiol groups is 1. The molecule has 1 fully saturated rings. The van der Waals surface area contributed by atoms with E-state index in [0.29, 0.717) is 6.54 Å². The van der Waals surface area contributed by atoms with E-state index in [4.69, 9.17) is 5.73 Å². The van der Waals surface area contributed by atoms with Crippen LogP contribution >= 0.6 is 12.6 Å². The van der Waals surface area contributed by atoms with Crippen LogP contribution in [0.2, 0.25) is 0 Å². The number of rotatable bonds is 8. The lowest BCUT2D eigenvalue weighted by atomic mass is 10.1. The average Bonchev–Trinajstić information content (AvgIpc) is 3.15. The number of nitrogen functional groups attached to an aromatic ring is 1. The van der Waals surface area contributed by atoms with Crippen LogP contribution < -0.4 is 10.6 Å². The van der Waals surface area contributed by atoms with Gasteiger partial charge in [-0.2, -0.15) is 0 Å². The van der Waals surface area contributed by atoms with Crippen LogP contribution in [0.25, 0.3) is 0 Å². The number of benzene rings is 1. The predicted octanol–water partition coefficient (Wildman–Crippen LogP) is 2.55. The van der Waals surface area contributed by atoms with Crippen molar-refractivity contribution in [2.45, 2.75) is 31.1 Å². The molecule has 1 aliphatic heterocycles. The Morgan fingerprint density at radius 3 is 2.48 bits per heavy atom. The SMILES string of the molecule is Nc1nc(S)nc(N(CC=O)Cc2ccc(CN3CCCC3)cc2)c1N=O. The summed E-state index contributed by atoms with van der Waals surface area (Å²) >= 11 is 4.10. The summed E-state index contributed by atoms with van der Waals surface area (Å²) < 4.78 is 0. The van der Waals surface area contributed by atoms with Crippen LogP contribution in [0, 0.1) is 4.91 Å². The second kappa shape index (κ2) is 8.92. The Kier molecular flexibility index (Phi) is 6.36. The standard InChI is InChI=1S/C18H22N6O2S/c19-16-15(22-26)17(21-18(27)20-16)24(9-10-25)12-14-5-3-13(4-6-14)11-23-7-1-2-8-23/h3-6,10H,1-2,7-9,11-12H2,(H3,19,20,21,27). The maximum Gasteiger partial charge on any atom is 0.192 e. The molecule has 1 saturated heterocycles. The van der Waals surface area contributed by atoms with Crippen LogP contribution in [0.15, 0.2) is 34.6 Å². The molecule has 8 nitrogen and oxygen atoms in total. The Labute approximate surface area is 163 Å². The fraction of sp³-hybridized carbons (Fsp3) is 0.389. The highest BCUT2D eigenvalue weighted by atomic mass is 32.1. The molecule has 0 amide bonds.